The van der Waals surface area contributed by atoms with Crippen LogP contribution in [-0.2, 0) is 4.79 Å². The molecular formula is C9H9FINO2. The standard InChI is InChI=1S/C9H9FINO2/c1-5(9(13)14)12-7-4-2-3-6(10)8(7)11/h2-5,12H,1H3,(H,13,14). The molecule has 14 heavy (non-hydrogen) atoms. The second-order valence-electron chi connectivity index (χ2n) is 2.81. The fraction of sp³-hybridized carbons (Fsp3) is 0.222. The minimum Gasteiger partial charge on any atom is -0.480 e. The maximum atomic E-state index is 13.0. The molecule has 1 aromatic rings. The molecule has 0 aliphatic heterocycles. The molecular weight excluding hydrogens is 300 g/mol. The van der Waals surface area contributed by atoms with Gasteiger partial charge in [-0.15, -0.1) is 0 Å². The van der Waals surface area contributed by atoms with Gasteiger partial charge in [0, 0.05) is 0 Å². The summed E-state index contributed by atoms with van der Waals surface area (Å²) in [5.74, 6) is -1.32. The summed E-state index contributed by atoms with van der Waals surface area (Å²) in [6, 6.07) is 3.78. The molecule has 5 heteroatoms. The first-order chi connectivity index (χ1) is 6.52. The molecule has 0 aliphatic carbocycles. The van der Waals surface area contributed by atoms with Gasteiger partial charge < -0.3 is 10.4 Å². The van der Waals surface area contributed by atoms with E-state index in [0.717, 1.165) is 0 Å². The Morgan fingerprint density at radius 3 is 2.86 bits per heavy atom. The molecule has 0 fully saturated rings. The Morgan fingerprint density at radius 2 is 2.29 bits per heavy atom. The van der Waals surface area contributed by atoms with Crippen LogP contribution in [0.5, 0.6) is 0 Å². The van der Waals surface area contributed by atoms with Gasteiger partial charge in [0.2, 0.25) is 0 Å². The first-order valence-corrected chi connectivity index (χ1v) is 5.03. The quantitative estimate of drug-likeness (QED) is 0.843. The van der Waals surface area contributed by atoms with Gasteiger partial charge in [0.25, 0.3) is 0 Å². The number of halogens is 2. The number of carboxylic acid groups (broad SMARTS) is 1. The van der Waals surface area contributed by atoms with Gasteiger partial charge in [-0.2, -0.15) is 0 Å². The van der Waals surface area contributed by atoms with Crippen LogP contribution in [0.1, 0.15) is 6.92 Å². The fourth-order valence-electron chi connectivity index (χ4n) is 0.910. The molecule has 0 amide bonds. The van der Waals surface area contributed by atoms with Crippen molar-refractivity contribution in [3.8, 4) is 0 Å². The third kappa shape index (κ3) is 2.57. The van der Waals surface area contributed by atoms with E-state index in [1.165, 1.54) is 19.1 Å². The molecule has 0 heterocycles. The number of carboxylic acids is 1. The number of carbonyl (C=O) groups is 1. The summed E-state index contributed by atoms with van der Waals surface area (Å²) in [6.45, 7) is 1.50. The van der Waals surface area contributed by atoms with Crippen molar-refractivity contribution in [1.29, 1.82) is 0 Å². The molecule has 76 valence electrons. The van der Waals surface area contributed by atoms with E-state index in [-0.39, 0.29) is 5.82 Å². The van der Waals surface area contributed by atoms with Crippen LogP contribution in [0.4, 0.5) is 10.1 Å². The van der Waals surface area contributed by atoms with Crippen LogP contribution in [0, 0.1) is 9.39 Å². The van der Waals surface area contributed by atoms with Crippen LogP contribution in [-0.4, -0.2) is 17.1 Å². The number of aliphatic carboxylic acids is 1. The second-order valence-corrected chi connectivity index (χ2v) is 3.88. The van der Waals surface area contributed by atoms with Gasteiger partial charge in [0.05, 0.1) is 9.26 Å². The molecule has 0 bridgehead atoms. The monoisotopic (exact) mass is 309 g/mol. The Labute approximate surface area is 94.5 Å². The van der Waals surface area contributed by atoms with E-state index in [2.05, 4.69) is 5.32 Å². The predicted octanol–water partition coefficient (Wildman–Crippen LogP) is 2.32. The summed E-state index contributed by atoms with van der Waals surface area (Å²) >= 11 is 1.83. The second kappa shape index (κ2) is 4.59. The lowest BCUT2D eigenvalue weighted by molar-refractivity contribution is -0.137. The van der Waals surface area contributed by atoms with Crippen LogP contribution in [0.25, 0.3) is 0 Å². The molecule has 2 N–H and O–H groups in total. The summed E-state index contributed by atoms with van der Waals surface area (Å²) < 4.78 is 13.4. The lowest BCUT2D eigenvalue weighted by atomic mass is 10.2. The Hall–Kier alpha value is -0.850. The first kappa shape index (κ1) is 11.2. The van der Waals surface area contributed by atoms with Gasteiger partial charge in [-0.1, -0.05) is 6.07 Å². The molecule has 0 aromatic heterocycles. The van der Waals surface area contributed by atoms with Crippen molar-refractivity contribution in [3.05, 3.63) is 27.6 Å². The summed E-state index contributed by atoms with van der Waals surface area (Å²) in [6.07, 6.45) is 0. The highest BCUT2D eigenvalue weighted by Crippen LogP contribution is 2.21. The number of hydrogen-bond acceptors (Lipinski definition) is 2. The zero-order valence-electron chi connectivity index (χ0n) is 7.42. The van der Waals surface area contributed by atoms with E-state index in [1.807, 2.05) is 22.6 Å². The molecule has 1 aromatic carbocycles. The van der Waals surface area contributed by atoms with Crippen LogP contribution < -0.4 is 5.32 Å². The topological polar surface area (TPSA) is 49.3 Å². The zero-order chi connectivity index (χ0) is 10.7. The molecule has 3 nitrogen and oxygen atoms in total. The van der Waals surface area contributed by atoms with Crippen molar-refractivity contribution < 1.29 is 14.3 Å². The Morgan fingerprint density at radius 1 is 1.64 bits per heavy atom. The lowest BCUT2D eigenvalue weighted by Gasteiger charge is -2.12. The summed E-state index contributed by atoms with van der Waals surface area (Å²) in [5, 5.41) is 11.3. The Balaban J connectivity index is 2.87. The van der Waals surface area contributed by atoms with Gasteiger partial charge in [-0.3, -0.25) is 4.79 Å². The van der Waals surface area contributed by atoms with Gasteiger partial charge in [-0.25, -0.2) is 4.39 Å². The van der Waals surface area contributed by atoms with Crippen molar-refractivity contribution in [2.24, 2.45) is 0 Å². The maximum Gasteiger partial charge on any atom is 0.325 e. The molecule has 1 unspecified atom stereocenters. The minimum atomic E-state index is -0.968. The largest absolute Gasteiger partial charge is 0.480 e. The smallest absolute Gasteiger partial charge is 0.325 e. The highest BCUT2D eigenvalue weighted by Gasteiger charge is 2.12. The zero-order valence-corrected chi connectivity index (χ0v) is 9.58. The van der Waals surface area contributed by atoms with Crippen LogP contribution in [0.2, 0.25) is 0 Å². The predicted molar refractivity (Wildman–Crippen MR) is 59.8 cm³/mol. The fourth-order valence-corrected chi connectivity index (χ4v) is 1.43. The summed E-state index contributed by atoms with van der Waals surface area (Å²) in [7, 11) is 0. The SMILES string of the molecule is CC(Nc1cccc(F)c1I)C(=O)O. The number of benzene rings is 1. The van der Waals surface area contributed by atoms with Crippen molar-refractivity contribution in [1.82, 2.24) is 0 Å². The van der Waals surface area contributed by atoms with E-state index >= 15 is 0 Å². The number of hydrogen-bond donors (Lipinski definition) is 2. The van der Waals surface area contributed by atoms with Crippen molar-refractivity contribution in [2.45, 2.75) is 13.0 Å². The van der Waals surface area contributed by atoms with Crippen molar-refractivity contribution in [3.63, 3.8) is 0 Å². The average molecular weight is 309 g/mol. The normalized spacial score (nSPS) is 12.2. The average Bonchev–Trinajstić information content (AvgIpc) is 2.12. The molecule has 1 rings (SSSR count). The molecule has 1 atom stereocenters. The third-order valence-electron chi connectivity index (χ3n) is 1.69. The Kier molecular flexibility index (Phi) is 3.68. The lowest BCUT2D eigenvalue weighted by Crippen LogP contribution is -2.25. The minimum absolute atomic E-state index is 0.354. The van der Waals surface area contributed by atoms with Gasteiger partial charge in [0.15, 0.2) is 0 Å². The Bertz CT molecular complexity index is 357. The van der Waals surface area contributed by atoms with Crippen LogP contribution in [0.3, 0.4) is 0 Å². The first-order valence-electron chi connectivity index (χ1n) is 3.95. The van der Waals surface area contributed by atoms with E-state index in [1.54, 1.807) is 6.07 Å². The third-order valence-corrected chi connectivity index (χ3v) is 2.79. The molecule has 0 saturated carbocycles. The summed E-state index contributed by atoms with van der Waals surface area (Å²) in [4.78, 5) is 10.5. The summed E-state index contributed by atoms with van der Waals surface area (Å²) in [5.41, 5.74) is 0.500. The van der Waals surface area contributed by atoms with Crippen LogP contribution >= 0.6 is 22.6 Å². The number of rotatable bonds is 3. The molecule has 0 radical (unpaired) electrons. The maximum absolute atomic E-state index is 13.0. The van der Waals surface area contributed by atoms with Crippen molar-refractivity contribution in [2.75, 3.05) is 5.32 Å². The molecule has 0 spiro atoms. The van der Waals surface area contributed by atoms with E-state index in [0.29, 0.717) is 9.26 Å². The van der Waals surface area contributed by atoms with Crippen molar-refractivity contribution >= 4 is 34.2 Å². The van der Waals surface area contributed by atoms with Gasteiger partial charge in [0.1, 0.15) is 11.9 Å². The number of nitrogens with one attached hydrogen (secondary N) is 1. The van der Waals surface area contributed by atoms with Crippen LogP contribution in [0.15, 0.2) is 18.2 Å². The van der Waals surface area contributed by atoms with Gasteiger partial charge >= 0.3 is 5.97 Å². The van der Waals surface area contributed by atoms with E-state index < -0.39 is 12.0 Å². The number of anilines is 1. The molecule has 0 aliphatic rings. The van der Waals surface area contributed by atoms with E-state index in [9.17, 15) is 9.18 Å². The highest BCUT2D eigenvalue weighted by molar-refractivity contribution is 14.1. The highest BCUT2D eigenvalue weighted by atomic mass is 127. The van der Waals surface area contributed by atoms with E-state index in [4.69, 9.17) is 5.11 Å². The molecule has 0 saturated heterocycles. The van der Waals surface area contributed by atoms with Gasteiger partial charge in [-0.05, 0) is 41.6 Å².